The summed E-state index contributed by atoms with van der Waals surface area (Å²) in [6, 6.07) is 11.0. The average molecular weight is 580 g/mol. The molecule has 1 aromatic carbocycles. The number of ether oxygens (including phenoxy) is 4. The van der Waals surface area contributed by atoms with E-state index < -0.39 is 13.5 Å². The molecule has 2 aromatic heterocycles. The summed E-state index contributed by atoms with van der Waals surface area (Å²) < 4.78 is 24.0. The highest BCUT2D eigenvalue weighted by molar-refractivity contribution is 6.76. The van der Waals surface area contributed by atoms with E-state index >= 15 is 0 Å². The van der Waals surface area contributed by atoms with Gasteiger partial charge in [0.05, 0.1) is 30.3 Å². The molecule has 3 rings (SSSR count). The zero-order chi connectivity index (χ0) is 30.4. The van der Waals surface area contributed by atoms with Gasteiger partial charge in [0.1, 0.15) is 13.3 Å². The average Bonchev–Trinajstić information content (AvgIpc) is 3.30. The summed E-state index contributed by atoms with van der Waals surface area (Å²) >= 11 is 0. The van der Waals surface area contributed by atoms with Gasteiger partial charge in [-0.15, -0.1) is 5.10 Å². The van der Waals surface area contributed by atoms with E-state index in [0.29, 0.717) is 35.4 Å². The van der Waals surface area contributed by atoms with Crippen molar-refractivity contribution in [2.45, 2.75) is 73.1 Å². The first-order valence-corrected chi connectivity index (χ1v) is 17.4. The van der Waals surface area contributed by atoms with Crippen LogP contribution < -0.4 is 9.47 Å². The maximum absolute atomic E-state index is 11.9. The molecule has 10 nitrogen and oxygen atoms in total. The highest BCUT2D eigenvalue weighted by atomic mass is 28.3. The molecule has 0 N–H and O–H groups in total. The van der Waals surface area contributed by atoms with Gasteiger partial charge in [0.2, 0.25) is 5.88 Å². The molecule has 41 heavy (non-hydrogen) atoms. The molecule has 0 spiro atoms. The molecule has 0 bridgehead atoms. The second kappa shape index (κ2) is 13.3. The van der Waals surface area contributed by atoms with Crippen molar-refractivity contribution >= 4 is 14.0 Å². The molecule has 0 aliphatic heterocycles. The number of methoxy groups -OCH3 is 1. The number of aromatic nitrogens is 4. The first-order chi connectivity index (χ1) is 19.2. The molecule has 0 saturated heterocycles. The Bertz CT molecular complexity index is 1410. The minimum atomic E-state index is -1.22. The summed E-state index contributed by atoms with van der Waals surface area (Å²) in [6.07, 6.45) is 1.60. The van der Waals surface area contributed by atoms with E-state index in [4.69, 9.17) is 18.9 Å². The van der Waals surface area contributed by atoms with Crippen LogP contribution in [0.5, 0.6) is 11.9 Å². The third-order valence-electron chi connectivity index (χ3n) is 6.29. The summed E-state index contributed by atoms with van der Waals surface area (Å²) in [5, 5.41) is 14.6. The van der Waals surface area contributed by atoms with Crippen LogP contribution in [0.2, 0.25) is 25.7 Å². The van der Waals surface area contributed by atoms with Crippen molar-refractivity contribution in [2.75, 3.05) is 20.3 Å². The standard InChI is InChI=1S/C30H41N5O5Si/c1-20(2)40-29-33-27(34-35(29)19-38-12-13-41(7,8)9)24-11-10-22(15-23(24)16-31)25-17-32-26(14-21(25)3)39-18-30(4,5)28(36)37-6/h10-11,14-15,17,20H,12-13,18-19H2,1-9H3. The van der Waals surface area contributed by atoms with Crippen LogP contribution in [0.25, 0.3) is 22.5 Å². The van der Waals surface area contributed by atoms with E-state index in [2.05, 4.69) is 40.8 Å². The molecule has 2 heterocycles. The van der Waals surface area contributed by atoms with E-state index in [1.54, 1.807) is 30.8 Å². The van der Waals surface area contributed by atoms with Crippen molar-refractivity contribution in [3.05, 3.63) is 41.6 Å². The number of carbonyl (C=O) groups excluding carboxylic acids is 1. The van der Waals surface area contributed by atoms with Gasteiger partial charge in [-0.25, -0.2) is 4.98 Å². The van der Waals surface area contributed by atoms with Crippen LogP contribution in [-0.4, -0.2) is 60.2 Å². The number of nitriles is 1. The van der Waals surface area contributed by atoms with Gasteiger partial charge in [0.25, 0.3) is 0 Å². The van der Waals surface area contributed by atoms with Crippen LogP contribution in [0, 0.1) is 23.7 Å². The van der Waals surface area contributed by atoms with E-state index in [9.17, 15) is 10.1 Å². The Morgan fingerprint density at radius 1 is 1.17 bits per heavy atom. The Hall–Kier alpha value is -3.75. The van der Waals surface area contributed by atoms with Crippen LogP contribution in [0.1, 0.15) is 38.8 Å². The van der Waals surface area contributed by atoms with Gasteiger partial charge in [-0.2, -0.15) is 14.9 Å². The van der Waals surface area contributed by atoms with Crippen LogP contribution in [0.4, 0.5) is 0 Å². The molecule has 0 fully saturated rings. The van der Waals surface area contributed by atoms with Crippen molar-refractivity contribution in [2.24, 2.45) is 5.41 Å². The third kappa shape index (κ3) is 8.62. The van der Waals surface area contributed by atoms with Gasteiger partial charge in [0, 0.05) is 38.1 Å². The lowest BCUT2D eigenvalue weighted by atomic mass is 9.95. The number of aryl methyl sites for hydroxylation is 1. The number of hydrogen-bond acceptors (Lipinski definition) is 9. The monoisotopic (exact) mass is 579 g/mol. The Morgan fingerprint density at radius 2 is 1.90 bits per heavy atom. The van der Waals surface area contributed by atoms with Crippen molar-refractivity contribution < 1.29 is 23.7 Å². The molecular formula is C30H41N5O5Si. The highest BCUT2D eigenvalue weighted by Crippen LogP contribution is 2.31. The third-order valence-corrected chi connectivity index (χ3v) is 7.99. The molecule has 0 aliphatic carbocycles. The number of nitrogens with zero attached hydrogens (tertiary/aromatic N) is 5. The number of benzene rings is 1. The lowest BCUT2D eigenvalue weighted by molar-refractivity contribution is -0.152. The van der Waals surface area contributed by atoms with Gasteiger partial charge >= 0.3 is 12.0 Å². The summed E-state index contributed by atoms with van der Waals surface area (Å²) in [7, 11) is 0.135. The van der Waals surface area contributed by atoms with Gasteiger partial charge in [-0.1, -0.05) is 25.7 Å². The highest BCUT2D eigenvalue weighted by Gasteiger charge is 2.30. The molecule has 0 saturated carbocycles. The second-order valence-corrected chi connectivity index (χ2v) is 17.7. The largest absolute Gasteiger partial charge is 0.476 e. The Kier molecular flexibility index (Phi) is 10.3. The van der Waals surface area contributed by atoms with Gasteiger partial charge < -0.3 is 18.9 Å². The van der Waals surface area contributed by atoms with E-state index in [1.165, 1.54) is 7.11 Å². The first kappa shape index (κ1) is 31.8. The van der Waals surface area contributed by atoms with Gasteiger partial charge in [-0.3, -0.25) is 4.79 Å². The van der Waals surface area contributed by atoms with E-state index in [0.717, 1.165) is 22.7 Å². The fraction of sp³-hybridized carbons (Fsp3) is 0.500. The van der Waals surface area contributed by atoms with Crippen LogP contribution in [0.3, 0.4) is 0 Å². The summed E-state index contributed by atoms with van der Waals surface area (Å²) in [5.41, 5.74) is 2.81. The quantitative estimate of drug-likeness (QED) is 0.139. The number of hydrogen-bond donors (Lipinski definition) is 0. The summed E-state index contributed by atoms with van der Waals surface area (Å²) in [5.74, 6) is 0.441. The van der Waals surface area contributed by atoms with Crippen LogP contribution in [-0.2, 0) is 21.0 Å². The number of pyridine rings is 1. The fourth-order valence-corrected chi connectivity index (χ4v) is 4.61. The topological polar surface area (TPSA) is 121 Å². The molecule has 0 amide bonds. The maximum Gasteiger partial charge on any atom is 0.317 e. The van der Waals surface area contributed by atoms with Gasteiger partial charge in [-0.05, 0) is 63.9 Å². The summed E-state index contributed by atoms with van der Waals surface area (Å²) in [6.45, 7) is 17.2. The lowest BCUT2D eigenvalue weighted by Crippen LogP contribution is -2.32. The smallest absolute Gasteiger partial charge is 0.317 e. The minimum absolute atomic E-state index is 0.0976. The van der Waals surface area contributed by atoms with Gasteiger partial charge in [0.15, 0.2) is 5.82 Å². The van der Waals surface area contributed by atoms with Crippen LogP contribution >= 0.6 is 0 Å². The second-order valence-electron chi connectivity index (χ2n) is 12.1. The predicted octanol–water partition coefficient (Wildman–Crippen LogP) is 5.86. The molecule has 11 heteroatoms. The van der Waals surface area contributed by atoms with E-state index in [-0.39, 0.29) is 25.4 Å². The molecule has 0 atom stereocenters. The van der Waals surface area contributed by atoms with Crippen molar-refractivity contribution in [3.8, 4) is 40.5 Å². The predicted molar refractivity (Wildman–Crippen MR) is 159 cm³/mol. The maximum atomic E-state index is 11.9. The Labute approximate surface area is 243 Å². The molecule has 0 aliphatic rings. The minimum Gasteiger partial charge on any atom is -0.476 e. The molecule has 0 unspecified atom stereocenters. The van der Waals surface area contributed by atoms with E-state index in [1.807, 2.05) is 39.0 Å². The molecular weight excluding hydrogens is 538 g/mol. The fourth-order valence-electron chi connectivity index (χ4n) is 3.85. The Morgan fingerprint density at radius 3 is 2.51 bits per heavy atom. The molecule has 3 aromatic rings. The normalized spacial score (nSPS) is 11.8. The van der Waals surface area contributed by atoms with Crippen LogP contribution in [0.15, 0.2) is 30.5 Å². The number of carbonyl (C=O) groups is 1. The molecule has 0 radical (unpaired) electrons. The van der Waals surface area contributed by atoms with Crippen molar-refractivity contribution in [1.29, 1.82) is 5.26 Å². The number of esters is 1. The van der Waals surface area contributed by atoms with Crippen molar-refractivity contribution in [3.63, 3.8) is 0 Å². The first-order valence-electron chi connectivity index (χ1n) is 13.7. The Balaban J connectivity index is 1.84. The zero-order valence-corrected chi connectivity index (χ0v) is 26.6. The molecule has 220 valence electrons. The lowest BCUT2D eigenvalue weighted by Gasteiger charge is -2.21. The zero-order valence-electron chi connectivity index (χ0n) is 25.6. The van der Waals surface area contributed by atoms with Crippen molar-refractivity contribution in [1.82, 2.24) is 19.7 Å². The number of rotatable bonds is 13. The SMILES string of the molecule is COC(=O)C(C)(C)COc1cc(C)c(-c2ccc(-c3nc(OC(C)C)n(COCC[Si](C)(C)C)n3)c(C#N)c2)cn1. The summed E-state index contributed by atoms with van der Waals surface area (Å²) in [4.78, 5) is 21.0.